The Hall–Kier alpha value is -0.240. The predicted molar refractivity (Wildman–Crippen MR) is 59.6 cm³/mol. The molecule has 6 heteroatoms. The molecule has 104 valence electrons. The molecule has 0 aliphatic carbocycles. The molecule has 0 aromatic rings. The number of hydrogen-bond donors (Lipinski definition) is 1. The number of fused-ring (bicyclic) bond motifs is 3. The average Bonchev–Trinajstić information content (AvgIpc) is 2.71. The maximum atomic E-state index is 9.40. The summed E-state index contributed by atoms with van der Waals surface area (Å²) in [7, 11) is 0. The second-order valence-electron chi connectivity index (χ2n) is 5.89. The minimum Gasteiger partial charge on any atom is -0.394 e. The third-order valence-corrected chi connectivity index (χ3v) is 3.43. The number of aliphatic hydroxyl groups excluding tert-OH is 1. The fourth-order valence-corrected chi connectivity index (χ4v) is 2.84. The summed E-state index contributed by atoms with van der Waals surface area (Å²) in [5.74, 6) is -1.41. The summed E-state index contributed by atoms with van der Waals surface area (Å²) in [4.78, 5) is 0. The van der Waals surface area contributed by atoms with E-state index >= 15 is 0 Å². The normalized spacial score (nSPS) is 48.8. The van der Waals surface area contributed by atoms with E-state index in [1.807, 2.05) is 27.7 Å². The molecule has 3 heterocycles. The van der Waals surface area contributed by atoms with Crippen LogP contribution >= 0.6 is 0 Å². The number of rotatable bonds is 1. The van der Waals surface area contributed by atoms with Crippen molar-refractivity contribution in [1.82, 2.24) is 0 Å². The molecule has 0 aromatic carbocycles. The third-order valence-electron chi connectivity index (χ3n) is 3.43. The van der Waals surface area contributed by atoms with E-state index in [4.69, 9.17) is 23.7 Å². The highest BCUT2D eigenvalue weighted by atomic mass is 16.9. The van der Waals surface area contributed by atoms with Crippen molar-refractivity contribution < 1.29 is 28.8 Å². The van der Waals surface area contributed by atoms with Gasteiger partial charge >= 0.3 is 0 Å². The van der Waals surface area contributed by atoms with Gasteiger partial charge in [0, 0.05) is 0 Å². The molecule has 3 aliphatic heterocycles. The molecule has 0 spiro atoms. The lowest BCUT2D eigenvalue weighted by molar-refractivity contribution is -0.240. The van der Waals surface area contributed by atoms with E-state index in [9.17, 15) is 5.11 Å². The smallest absolute Gasteiger partial charge is 0.190 e. The van der Waals surface area contributed by atoms with Crippen LogP contribution in [0.15, 0.2) is 0 Å². The third kappa shape index (κ3) is 1.97. The van der Waals surface area contributed by atoms with Crippen molar-refractivity contribution in [3.8, 4) is 0 Å². The number of ether oxygens (including phenoxy) is 5. The van der Waals surface area contributed by atoms with Crippen LogP contribution in [-0.2, 0) is 23.7 Å². The van der Waals surface area contributed by atoms with Crippen molar-refractivity contribution >= 4 is 0 Å². The van der Waals surface area contributed by atoms with Gasteiger partial charge in [-0.3, -0.25) is 0 Å². The zero-order valence-electron chi connectivity index (χ0n) is 11.1. The first-order valence-corrected chi connectivity index (χ1v) is 6.29. The van der Waals surface area contributed by atoms with Crippen molar-refractivity contribution in [3.05, 3.63) is 0 Å². The highest BCUT2D eigenvalue weighted by Gasteiger charge is 2.60. The molecule has 5 atom stereocenters. The second-order valence-corrected chi connectivity index (χ2v) is 5.89. The number of aliphatic hydroxyl groups is 1. The van der Waals surface area contributed by atoms with Gasteiger partial charge in [-0.2, -0.15) is 0 Å². The molecule has 0 saturated carbocycles. The molecule has 0 bridgehead atoms. The summed E-state index contributed by atoms with van der Waals surface area (Å²) < 4.78 is 28.9. The standard InChI is InChI=1S/C12H20O6/c1-11(2)15-7-6(5-13)14-10-9(8(7)16-11)17-12(3,4)18-10/h6-10,13H,5H2,1-4H3/t6-,7+,8+,9+,10-/m1/s1. The van der Waals surface area contributed by atoms with Crippen LogP contribution in [0.2, 0.25) is 0 Å². The molecule has 3 rings (SSSR count). The topological polar surface area (TPSA) is 66.4 Å². The molecule has 0 unspecified atom stereocenters. The van der Waals surface area contributed by atoms with Crippen molar-refractivity contribution in [2.24, 2.45) is 0 Å². The van der Waals surface area contributed by atoms with E-state index in [2.05, 4.69) is 0 Å². The molecule has 0 radical (unpaired) electrons. The van der Waals surface area contributed by atoms with Gasteiger partial charge in [0.05, 0.1) is 6.61 Å². The van der Waals surface area contributed by atoms with E-state index in [-0.39, 0.29) is 24.9 Å². The van der Waals surface area contributed by atoms with Gasteiger partial charge in [-0.25, -0.2) is 0 Å². The van der Waals surface area contributed by atoms with E-state index in [1.165, 1.54) is 0 Å². The fourth-order valence-electron chi connectivity index (χ4n) is 2.84. The number of hydrogen-bond acceptors (Lipinski definition) is 6. The van der Waals surface area contributed by atoms with Gasteiger partial charge < -0.3 is 28.8 Å². The molecule has 0 aromatic heterocycles. The Bertz CT molecular complexity index is 341. The molecule has 3 aliphatic rings. The van der Waals surface area contributed by atoms with Crippen LogP contribution in [0.5, 0.6) is 0 Å². The van der Waals surface area contributed by atoms with Crippen LogP contribution in [0.25, 0.3) is 0 Å². The van der Waals surface area contributed by atoms with Crippen LogP contribution in [0.3, 0.4) is 0 Å². The summed E-state index contributed by atoms with van der Waals surface area (Å²) in [6.45, 7) is 7.22. The zero-order chi connectivity index (χ0) is 13.1. The first kappa shape index (κ1) is 12.8. The maximum absolute atomic E-state index is 9.40. The van der Waals surface area contributed by atoms with Crippen LogP contribution < -0.4 is 0 Å². The first-order chi connectivity index (χ1) is 8.31. The Balaban J connectivity index is 1.86. The Kier molecular flexibility index (Phi) is 2.75. The SMILES string of the molecule is CC1(C)O[C@H]2O[C@H](CO)[C@@H]3OC(C)(C)O[C@@H]3[C@@H]2O1. The van der Waals surface area contributed by atoms with Crippen LogP contribution in [0, 0.1) is 0 Å². The molecule has 6 nitrogen and oxygen atoms in total. The van der Waals surface area contributed by atoms with Crippen LogP contribution in [-0.4, -0.2) is 54.0 Å². The van der Waals surface area contributed by atoms with Crippen LogP contribution in [0.1, 0.15) is 27.7 Å². The van der Waals surface area contributed by atoms with Crippen molar-refractivity contribution in [2.45, 2.75) is 70.0 Å². The summed E-state index contributed by atoms with van der Waals surface area (Å²) in [5, 5.41) is 9.40. The molecule has 3 fully saturated rings. The highest BCUT2D eigenvalue weighted by molar-refractivity contribution is 4.99. The minimum atomic E-state index is -0.708. The largest absolute Gasteiger partial charge is 0.394 e. The van der Waals surface area contributed by atoms with Gasteiger partial charge in [0.1, 0.15) is 24.4 Å². The lowest BCUT2D eigenvalue weighted by Gasteiger charge is -2.36. The molecule has 1 N–H and O–H groups in total. The zero-order valence-corrected chi connectivity index (χ0v) is 11.1. The Morgan fingerprint density at radius 2 is 1.39 bits per heavy atom. The maximum Gasteiger partial charge on any atom is 0.190 e. The van der Waals surface area contributed by atoms with Gasteiger partial charge in [-0.05, 0) is 27.7 Å². The predicted octanol–water partition coefficient (Wildman–Crippen LogP) is 0.375. The van der Waals surface area contributed by atoms with E-state index < -0.39 is 24.0 Å². The lowest BCUT2D eigenvalue weighted by Crippen LogP contribution is -2.56. The lowest BCUT2D eigenvalue weighted by atomic mass is 9.99. The minimum absolute atomic E-state index is 0.131. The Morgan fingerprint density at radius 1 is 0.833 bits per heavy atom. The summed E-state index contributed by atoms with van der Waals surface area (Å²) in [5.41, 5.74) is 0. The molecule has 0 amide bonds. The van der Waals surface area contributed by atoms with Crippen molar-refractivity contribution in [3.63, 3.8) is 0 Å². The first-order valence-electron chi connectivity index (χ1n) is 6.29. The van der Waals surface area contributed by atoms with E-state index in [0.29, 0.717) is 0 Å². The van der Waals surface area contributed by atoms with E-state index in [0.717, 1.165) is 0 Å². The second kappa shape index (κ2) is 3.88. The van der Waals surface area contributed by atoms with Gasteiger partial charge in [0.2, 0.25) is 0 Å². The molecular weight excluding hydrogens is 240 g/mol. The van der Waals surface area contributed by atoms with E-state index in [1.54, 1.807) is 0 Å². The summed E-state index contributed by atoms with van der Waals surface area (Å²) >= 11 is 0. The average molecular weight is 260 g/mol. The van der Waals surface area contributed by atoms with Crippen molar-refractivity contribution in [1.29, 1.82) is 0 Å². The van der Waals surface area contributed by atoms with Crippen molar-refractivity contribution in [2.75, 3.05) is 6.61 Å². The van der Waals surface area contributed by atoms with Gasteiger partial charge in [0.15, 0.2) is 17.9 Å². The quantitative estimate of drug-likeness (QED) is 0.735. The van der Waals surface area contributed by atoms with Gasteiger partial charge in [-0.1, -0.05) is 0 Å². The van der Waals surface area contributed by atoms with Gasteiger partial charge in [-0.15, -0.1) is 0 Å². The van der Waals surface area contributed by atoms with Gasteiger partial charge in [0.25, 0.3) is 0 Å². The highest BCUT2D eigenvalue weighted by Crippen LogP contribution is 2.43. The Labute approximate surface area is 106 Å². The monoisotopic (exact) mass is 260 g/mol. The fraction of sp³-hybridized carbons (Fsp3) is 1.00. The summed E-state index contributed by atoms with van der Waals surface area (Å²) in [6, 6.07) is 0. The molecule has 18 heavy (non-hydrogen) atoms. The Morgan fingerprint density at radius 3 is 2.06 bits per heavy atom. The summed E-state index contributed by atoms with van der Waals surface area (Å²) in [6.07, 6.45) is -1.90. The molecule has 3 saturated heterocycles. The van der Waals surface area contributed by atoms with Crippen LogP contribution in [0.4, 0.5) is 0 Å². The molecular formula is C12H20O6.